The van der Waals surface area contributed by atoms with Gasteiger partial charge in [-0.1, -0.05) is 6.92 Å². The van der Waals surface area contributed by atoms with E-state index >= 15 is 0 Å². The Morgan fingerprint density at radius 3 is 2.50 bits per heavy atom. The van der Waals surface area contributed by atoms with Crippen molar-refractivity contribution < 1.29 is 8.42 Å². The molecule has 0 unspecified atom stereocenters. The van der Waals surface area contributed by atoms with Crippen LogP contribution in [0.15, 0.2) is 5.16 Å². The van der Waals surface area contributed by atoms with Crippen LogP contribution in [0.5, 0.6) is 0 Å². The molecule has 5 nitrogen and oxygen atoms in total. The molecule has 7 heteroatoms. The van der Waals surface area contributed by atoms with E-state index in [4.69, 9.17) is 10.7 Å². The van der Waals surface area contributed by atoms with Crippen LogP contribution in [0, 0.1) is 5.92 Å². The van der Waals surface area contributed by atoms with E-state index in [0.29, 0.717) is 18.4 Å². The van der Waals surface area contributed by atoms with Crippen LogP contribution in [0.25, 0.3) is 0 Å². The summed E-state index contributed by atoms with van der Waals surface area (Å²) < 4.78 is 24.1. The molecule has 90 valence electrons. The van der Waals surface area contributed by atoms with Gasteiger partial charge in [-0.25, -0.2) is 8.42 Å². The minimum Gasteiger partial charge on any atom is -0.301 e. The Morgan fingerprint density at radius 2 is 2.06 bits per heavy atom. The molecule has 0 amide bonds. The summed E-state index contributed by atoms with van der Waals surface area (Å²) in [6.07, 6.45) is 2.08. The average molecular weight is 264 g/mol. The van der Waals surface area contributed by atoms with Crippen molar-refractivity contribution in [2.75, 3.05) is 0 Å². The third kappa shape index (κ3) is 1.96. The van der Waals surface area contributed by atoms with Gasteiger partial charge in [0.25, 0.3) is 14.2 Å². The third-order valence-corrected chi connectivity index (χ3v) is 4.17. The number of hydrogen-bond acceptors (Lipinski definition) is 4. The lowest BCUT2D eigenvalue weighted by molar-refractivity contribution is 0.270. The quantitative estimate of drug-likeness (QED) is 0.779. The zero-order chi connectivity index (χ0) is 11.9. The van der Waals surface area contributed by atoms with Gasteiger partial charge in [0.2, 0.25) is 0 Å². The maximum atomic E-state index is 11.3. The molecule has 0 aromatic carbocycles. The van der Waals surface area contributed by atoms with Crippen molar-refractivity contribution in [1.29, 1.82) is 0 Å². The first-order valence-electron chi connectivity index (χ1n) is 5.31. The van der Waals surface area contributed by atoms with Gasteiger partial charge in [0.15, 0.2) is 0 Å². The fraction of sp³-hybridized carbons (Fsp3) is 0.778. The van der Waals surface area contributed by atoms with Gasteiger partial charge in [-0.05, 0) is 25.7 Å². The summed E-state index contributed by atoms with van der Waals surface area (Å²) in [6, 6.07) is 0. The third-order valence-electron chi connectivity index (χ3n) is 3.02. The van der Waals surface area contributed by atoms with Crippen molar-refractivity contribution >= 4 is 19.7 Å². The summed E-state index contributed by atoms with van der Waals surface area (Å²) in [5, 5.41) is 7.51. The number of rotatable bonds is 3. The van der Waals surface area contributed by atoms with Crippen LogP contribution in [-0.4, -0.2) is 23.2 Å². The number of halogens is 1. The number of hydrogen-bond donors (Lipinski definition) is 0. The Kier molecular flexibility index (Phi) is 2.96. The summed E-state index contributed by atoms with van der Waals surface area (Å²) in [4.78, 5) is 0. The first-order valence-corrected chi connectivity index (χ1v) is 7.62. The molecule has 0 bridgehead atoms. The minimum atomic E-state index is -3.79. The van der Waals surface area contributed by atoms with Gasteiger partial charge in [0.1, 0.15) is 5.82 Å². The molecule has 1 fully saturated rings. The van der Waals surface area contributed by atoms with Gasteiger partial charge < -0.3 is 4.57 Å². The van der Waals surface area contributed by atoms with Crippen molar-refractivity contribution in [3.05, 3.63) is 5.82 Å². The minimum absolute atomic E-state index is 0.133. The molecule has 1 aliphatic carbocycles. The summed E-state index contributed by atoms with van der Waals surface area (Å²) in [5.41, 5.74) is 0. The smallest absolute Gasteiger partial charge is 0.296 e. The van der Waals surface area contributed by atoms with Crippen LogP contribution in [-0.2, 0) is 15.6 Å². The Bertz CT molecular complexity index is 491. The summed E-state index contributed by atoms with van der Waals surface area (Å²) >= 11 is 0. The molecule has 1 aromatic rings. The second-order valence-electron chi connectivity index (χ2n) is 4.30. The number of aromatic nitrogens is 3. The summed E-state index contributed by atoms with van der Waals surface area (Å²) in [7, 11) is 1.50. The van der Waals surface area contributed by atoms with Crippen LogP contribution >= 0.6 is 10.7 Å². The molecule has 2 rings (SSSR count). The van der Waals surface area contributed by atoms with Gasteiger partial charge in [0.05, 0.1) is 0 Å². The van der Waals surface area contributed by atoms with Gasteiger partial charge in [-0.15, -0.1) is 10.2 Å². The molecule has 0 spiro atoms. The fourth-order valence-electron chi connectivity index (χ4n) is 2.19. The van der Waals surface area contributed by atoms with E-state index in [-0.39, 0.29) is 5.16 Å². The second-order valence-corrected chi connectivity index (χ2v) is 6.76. The van der Waals surface area contributed by atoms with E-state index in [2.05, 4.69) is 17.1 Å². The highest BCUT2D eigenvalue weighted by molar-refractivity contribution is 8.13. The van der Waals surface area contributed by atoms with Gasteiger partial charge in [-0.3, -0.25) is 0 Å². The molecular formula is C9H14ClN3O2S. The van der Waals surface area contributed by atoms with E-state index in [1.807, 2.05) is 6.92 Å². The molecule has 16 heavy (non-hydrogen) atoms. The Balaban J connectivity index is 2.38. The van der Waals surface area contributed by atoms with Crippen molar-refractivity contribution in [2.24, 2.45) is 5.92 Å². The van der Waals surface area contributed by atoms with E-state index < -0.39 is 9.05 Å². The molecule has 0 atom stereocenters. The Hall–Kier alpha value is -0.620. The number of nitrogens with zero attached hydrogens (tertiary/aromatic N) is 3. The largest absolute Gasteiger partial charge is 0.301 e. The lowest BCUT2D eigenvalue weighted by Gasteiger charge is -2.31. The van der Waals surface area contributed by atoms with Gasteiger partial charge in [-0.2, -0.15) is 0 Å². The molecule has 0 radical (unpaired) electrons. The maximum absolute atomic E-state index is 11.3. The van der Waals surface area contributed by atoms with Crippen molar-refractivity contribution in [3.8, 4) is 0 Å². The van der Waals surface area contributed by atoms with Crippen LogP contribution in [0.2, 0.25) is 0 Å². The van der Waals surface area contributed by atoms with E-state index in [1.54, 1.807) is 4.57 Å². The lowest BCUT2D eigenvalue weighted by Crippen LogP contribution is -2.23. The zero-order valence-corrected chi connectivity index (χ0v) is 10.8. The first-order chi connectivity index (χ1) is 7.43. The molecule has 1 aliphatic rings. The molecule has 1 saturated carbocycles. The Labute approximate surface area is 99.2 Å². The first kappa shape index (κ1) is 11.9. The van der Waals surface area contributed by atoms with Crippen LogP contribution in [0.3, 0.4) is 0 Å². The molecule has 0 saturated heterocycles. The van der Waals surface area contributed by atoms with Crippen molar-refractivity contribution in [1.82, 2.24) is 14.8 Å². The molecule has 0 N–H and O–H groups in total. The van der Waals surface area contributed by atoms with Crippen LogP contribution in [0.4, 0.5) is 0 Å². The highest BCUT2D eigenvalue weighted by atomic mass is 35.7. The predicted molar refractivity (Wildman–Crippen MR) is 59.9 cm³/mol. The monoisotopic (exact) mass is 263 g/mol. The molecular weight excluding hydrogens is 250 g/mol. The fourth-order valence-corrected chi connectivity index (χ4v) is 3.16. The SMILES string of the molecule is CCn1c(C2CC(C)C2)nnc1S(=O)(=O)Cl. The highest BCUT2D eigenvalue weighted by Crippen LogP contribution is 2.40. The standard InChI is InChI=1S/C9H14ClN3O2S/c1-3-13-8(7-4-6(2)5-7)11-12-9(13)16(10,14)15/h6-7H,3-5H2,1-2H3. The summed E-state index contributed by atoms with van der Waals surface area (Å²) in [6.45, 7) is 4.55. The maximum Gasteiger partial charge on any atom is 0.296 e. The zero-order valence-electron chi connectivity index (χ0n) is 9.22. The van der Waals surface area contributed by atoms with Crippen molar-refractivity contribution in [2.45, 2.75) is 44.3 Å². The van der Waals surface area contributed by atoms with E-state index in [0.717, 1.165) is 18.7 Å². The van der Waals surface area contributed by atoms with Crippen molar-refractivity contribution in [3.63, 3.8) is 0 Å². The van der Waals surface area contributed by atoms with Crippen LogP contribution in [0.1, 0.15) is 38.4 Å². The summed E-state index contributed by atoms with van der Waals surface area (Å²) in [5.74, 6) is 1.76. The lowest BCUT2D eigenvalue weighted by atomic mass is 9.76. The average Bonchev–Trinajstić information content (AvgIpc) is 2.54. The molecule has 1 heterocycles. The van der Waals surface area contributed by atoms with Gasteiger partial charge in [0, 0.05) is 23.1 Å². The predicted octanol–water partition coefficient (Wildman–Crippen LogP) is 1.74. The normalized spacial score (nSPS) is 25.4. The highest BCUT2D eigenvalue weighted by Gasteiger charge is 2.33. The Morgan fingerprint density at radius 1 is 1.44 bits per heavy atom. The van der Waals surface area contributed by atoms with E-state index in [1.165, 1.54) is 0 Å². The van der Waals surface area contributed by atoms with E-state index in [9.17, 15) is 8.42 Å². The second kappa shape index (κ2) is 4.00. The molecule has 0 aliphatic heterocycles. The molecule has 1 aromatic heterocycles. The topological polar surface area (TPSA) is 64.8 Å². The van der Waals surface area contributed by atoms with Crippen LogP contribution < -0.4 is 0 Å². The van der Waals surface area contributed by atoms with Gasteiger partial charge >= 0.3 is 0 Å².